The number of benzene rings is 1. The molecule has 2 N–H and O–H groups in total. The van der Waals surface area contributed by atoms with Gasteiger partial charge in [0.25, 0.3) is 0 Å². The highest BCUT2D eigenvalue weighted by Gasteiger charge is 2.28. The predicted octanol–water partition coefficient (Wildman–Crippen LogP) is 4.03. The van der Waals surface area contributed by atoms with Crippen molar-refractivity contribution in [2.24, 2.45) is 11.7 Å². The van der Waals surface area contributed by atoms with Crippen LogP contribution >= 0.6 is 11.8 Å². The first kappa shape index (κ1) is 13.0. The fourth-order valence-corrected chi connectivity index (χ4v) is 4.06. The Bertz CT molecular complexity index is 360. The molecule has 0 spiro atoms. The Balaban J connectivity index is 2.04. The zero-order valence-corrected chi connectivity index (χ0v) is 11.7. The molecule has 1 heterocycles. The Morgan fingerprint density at radius 2 is 2.00 bits per heavy atom. The van der Waals surface area contributed by atoms with E-state index in [0.29, 0.717) is 12.0 Å². The number of thioether (sulfide) groups is 1. The molecule has 0 saturated heterocycles. The quantitative estimate of drug-likeness (QED) is 0.852. The fourth-order valence-electron chi connectivity index (χ4n) is 2.71. The van der Waals surface area contributed by atoms with Gasteiger partial charge in [-0.2, -0.15) is 0 Å². The summed E-state index contributed by atoms with van der Waals surface area (Å²) in [6.45, 7) is 4.55. The zero-order chi connectivity index (χ0) is 12.3. The standard InChI is InChI=1S/C15H23NS/c1-3-11(4-2)9-14(16)13-10-17-15-8-6-5-7-12(13)15/h5-8,11,13-14H,3-4,9-10,16H2,1-2H3. The second-order valence-corrected chi connectivity index (χ2v) is 6.10. The van der Waals surface area contributed by atoms with Gasteiger partial charge in [-0.05, 0) is 24.0 Å². The highest BCUT2D eigenvalue weighted by Crippen LogP contribution is 2.41. The Labute approximate surface area is 109 Å². The summed E-state index contributed by atoms with van der Waals surface area (Å²) in [5.41, 5.74) is 7.91. The second kappa shape index (κ2) is 5.92. The number of rotatable bonds is 5. The third kappa shape index (κ3) is 2.86. The third-order valence-electron chi connectivity index (χ3n) is 4.01. The molecule has 94 valence electrons. The number of fused-ring (bicyclic) bond motifs is 1. The average molecular weight is 249 g/mol. The van der Waals surface area contributed by atoms with E-state index in [1.165, 1.54) is 35.5 Å². The van der Waals surface area contributed by atoms with Crippen LogP contribution in [0.25, 0.3) is 0 Å². The maximum atomic E-state index is 6.43. The van der Waals surface area contributed by atoms with Gasteiger partial charge in [0.1, 0.15) is 0 Å². The highest BCUT2D eigenvalue weighted by atomic mass is 32.2. The van der Waals surface area contributed by atoms with Crippen LogP contribution in [0, 0.1) is 5.92 Å². The molecule has 0 radical (unpaired) electrons. The van der Waals surface area contributed by atoms with E-state index in [9.17, 15) is 0 Å². The highest BCUT2D eigenvalue weighted by molar-refractivity contribution is 7.99. The van der Waals surface area contributed by atoms with Gasteiger partial charge in [0.2, 0.25) is 0 Å². The molecule has 17 heavy (non-hydrogen) atoms. The first-order chi connectivity index (χ1) is 8.26. The molecule has 1 aromatic carbocycles. The van der Waals surface area contributed by atoms with E-state index in [1.807, 2.05) is 11.8 Å². The van der Waals surface area contributed by atoms with Crippen LogP contribution in [0.15, 0.2) is 29.2 Å². The molecule has 2 unspecified atom stereocenters. The molecule has 1 aliphatic heterocycles. The normalized spacial score (nSPS) is 20.6. The zero-order valence-electron chi connectivity index (χ0n) is 10.9. The molecule has 0 amide bonds. The molecular weight excluding hydrogens is 226 g/mol. The lowest BCUT2D eigenvalue weighted by Crippen LogP contribution is -2.30. The van der Waals surface area contributed by atoms with Crippen LogP contribution in [0.1, 0.15) is 44.6 Å². The largest absolute Gasteiger partial charge is 0.327 e. The van der Waals surface area contributed by atoms with Crippen molar-refractivity contribution in [1.29, 1.82) is 0 Å². The van der Waals surface area contributed by atoms with Gasteiger partial charge in [-0.3, -0.25) is 0 Å². The minimum atomic E-state index is 0.330. The van der Waals surface area contributed by atoms with E-state index in [0.717, 1.165) is 5.92 Å². The summed E-state index contributed by atoms with van der Waals surface area (Å²) in [5, 5.41) is 0. The van der Waals surface area contributed by atoms with Crippen LogP contribution in [0.5, 0.6) is 0 Å². The Morgan fingerprint density at radius 3 is 2.71 bits per heavy atom. The van der Waals surface area contributed by atoms with E-state index in [4.69, 9.17) is 5.73 Å². The maximum absolute atomic E-state index is 6.43. The van der Waals surface area contributed by atoms with E-state index >= 15 is 0 Å². The molecule has 0 aromatic heterocycles. The number of hydrogen-bond donors (Lipinski definition) is 1. The van der Waals surface area contributed by atoms with Crippen molar-refractivity contribution in [2.75, 3.05) is 5.75 Å². The first-order valence-corrected chi connectivity index (χ1v) is 7.72. The molecule has 1 aromatic rings. The summed E-state index contributed by atoms with van der Waals surface area (Å²) in [4.78, 5) is 1.44. The Morgan fingerprint density at radius 1 is 1.29 bits per heavy atom. The van der Waals surface area contributed by atoms with E-state index < -0.39 is 0 Å². The van der Waals surface area contributed by atoms with Crippen LogP contribution in [0.4, 0.5) is 0 Å². The lowest BCUT2D eigenvalue weighted by molar-refractivity contribution is 0.385. The minimum Gasteiger partial charge on any atom is -0.327 e. The lowest BCUT2D eigenvalue weighted by atomic mass is 9.86. The summed E-state index contributed by atoms with van der Waals surface area (Å²) in [6.07, 6.45) is 3.68. The van der Waals surface area contributed by atoms with Gasteiger partial charge in [0.05, 0.1) is 0 Å². The molecule has 0 aliphatic carbocycles. The van der Waals surface area contributed by atoms with Crippen LogP contribution in [-0.4, -0.2) is 11.8 Å². The van der Waals surface area contributed by atoms with Gasteiger partial charge in [-0.25, -0.2) is 0 Å². The monoisotopic (exact) mass is 249 g/mol. The van der Waals surface area contributed by atoms with Gasteiger partial charge in [0, 0.05) is 22.6 Å². The van der Waals surface area contributed by atoms with Gasteiger partial charge in [-0.15, -0.1) is 11.8 Å². The molecule has 2 atom stereocenters. The SMILES string of the molecule is CCC(CC)CC(N)C1CSc2ccccc21. The fraction of sp³-hybridized carbons (Fsp3) is 0.600. The number of nitrogens with two attached hydrogens (primary N) is 1. The van der Waals surface area contributed by atoms with Crippen molar-refractivity contribution in [3.8, 4) is 0 Å². The smallest absolute Gasteiger partial charge is 0.0119 e. The molecule has 1 aliphatic rings. The summed E-state index contributed by atoms with van der Waals surface area (Å²) in [7, 11) is 0. The summed E-state index contributed by atoms with van der Waals surface area (Å²) < 4.78 is 0. The Kier molecular flexibility index (Phi) is 4.52. The van der Waals surface area contributed by atoms with E-state index in [-0.39, 0.29) is 0 Å². The summed E-state index contributed by atoms with van der Waals surface area (Å²) >= 11 is 1.97. The molecular formula is C15H23NS. The van der Waals surface area contributed by atoms with Gasteiger partial charge in [0.15, 0.2) is 0 Å². The van der Waals surface area contributed by atoms with Crippen LogP contribution in [0.3, 0.4) is 0 Å². The van der Waals surface area contributed by atoms with Crippen molar-refractivity contribution in [2.45, 2.75) is 50.0 Å². The number of hydrogen-bond acceptors (Lipinski definition) is 2. The van der Waals surface area contributed by atoms with E-state index in [1.54, 1.807) is 0 Å². The molecule has 0 saturated carbocycles. The van der Waals surface area contributed by atoms with Gasteiger partial charge < -0.3 is 5.73 Å². The molecule has 0 fully saturated rings. The molecule has 2 heteroatoms. The molecule has 1 nitrogen and oxygen atoms in total. The van der Waals surface area contributed by atoms with Crippen molar-refractivity contribution in [1.82, 2.24) is 0 Å². The maximum Gasteiger partial charge on any atom is 0.0119 e. The molecule has 0 bridgehead atoms. The second-order valence-electron chi connectivity index (χ2n) is 5.04. The van der Waals surface area contributed by atoms with Crippen molar-refractivity contribution >= 4 is 11.8 Å². The van der Waals surface area contributed by atoms with Crippen molar-refractivity contribution < 1.29 is 0 Å². The van der Waals surface area contributed by atoms with Gasteiger partial charge >= 0.3 is 0 Å². The topological polar surface area (TPSA) is 26.0 Å². The third-order valence-corrected chi connectivity index (χ3v) is 5.22. The van der Waals surface area contributed by atoms with Crippen molar-refractivity contribution in [3.63, 3.8) is 0 Å². The van der Waals surface area contributed by atoms with Gasteiger partial charge in [-0.1, -0.05) is 44.9 Å². The average Bonchev–Trinajstić information content (AvgIpc) is 2.79. The van der Waals surface area contributed by atoms with Crippen molar-refractivity contribution in [3.05, 3.63) is 29.8 Å². The van der Waals surface area contributed by atoms with Crippen LogP contribution < -0.4 is 5.73 Å². The summed E-state index contributed by atoms with van der Waals surface area (Å²) in [6, 6.07) is 9.08. The summed E-state index contributed by atoms with van der Waals surface area (Å²) in [5.74, 6) is 2.53. The molecule has 2 rings (SSSR count). The Hall–Kier alpha value is -0.470. The first-order valence-electron chi connectivity index (χ1n) is 6.73. The predicted molar refractivity (Wildman–Crippen MR) is 76.6 cm³/mol. The lowest BCUT2D eigenvalue weighted by Gasteiger charge is -2.23. The van der Waals surface area contributed by atoms with Crippen LogP contribution in [0.2, 0.25) is 0 Å². The van der Waals surface area contributed by atoms with E-state index in [2.05, 4.69) is 38.1 Å². The minimum absolute atomic E-state index is 0.330. The van der Waals surface area contributed by atoms with Crippen LogP contribution in [-0.2, 0) is 0 Å².